The van der Waals surface area contributed by atoms with E-state index in [4.69, 9.17) is 5.73 Å². The number of para-hydroxylation sites is 1. The van der Waals surface area contributed by atoms with Crippen LogP contribution in [0.3, 0.4) is 0 Å². The number of benzene rings is 1. The van der Waals surface area contributed by atoms with Crippen LogP contribution in [0, 0.1) is 0 Å². The predicted molar refractivity (Wildman–Crippen MR) is 57.8 cm³/mol. The summed E-state index contributed by atoms with van der Waals surface area (Å²) in [5.41, 5.74) is 5.88. The monoisotopic (exact) mass is 218 g/mol. The largest absolute Gasteiger partial charge is 0.351 e. The third-order valence-electron chi connectivity index (χ3n) is 2.21. The summed E-state index contributed by atoms with van der Waals surface area (Å²) in [6, 6.07) is 6.35. The van der Waals surface area contributed by atoms with Gasteiger partial charge in [0.1, 0.15) is 0 Å². The highest BCUT2D eigenvalue weighted by molar-refractivity contribution is 6.10. The average Bonchev–Trinajstić information content (AvgIpc) is 2.56. The molecule has 0 saturated carbocycles. The van der Waals surface area contributed by atoms with E-state index in [-0.39, 0.29) is 5.69 Å². The highest BCUT2D eigenvalue weighted by Gasteiger charge is 2.16. The molecule has 2 aromatic rings. The Kier molecular flexibility index (Phi) is 2.32. The first-order valence-corrected chi connectivity index (χ1v) is 4.62. The fourth-order valence-electron chi connectivity index (χ4n) is 1.55. The van der Waals surface area contributed by atoms with E-state index in [2.05, 4.69) is 5.10 Å². The van der Waals surface area contributed by atoms with E-state index in [1.54, 1.807) is 23.9 Å². The second kappa shape index (κ2) is 3.65. The molecule has 0 radical (unpaired) electrons. The number of carbonyl (C=O) groups is 2. The lowest BCUT2D eigenvalue weighted by Crippen LogP contribution is -2.35. The standard InChI is InChI=1S/C10H10N4O2/c1-14-7-5-3-2-4-6(7)8(13-14)9(15)12-10(11)16/h2-5H,1H3,(H3,11,12,15,16). The van der Waals surface area contributed by atoms with Crippen molar-refractivity contribution in [1.29, 1.82) is 0 Å². The molecule has 16 heavy (non-hydrogen) atoms. The Morgan fingerprint density at radius 3 is 2.75 bits per heavy atom. The smallest absolute Gasteiger partial charge is 0.319 e. The van der Waals surface area contributed by atoms with Gasteiger partial charge in [-0.3, -0.25) is 14.8 Å². The maximum absolute atomic E-state index is 11.6. The molecule has 0 spiro atoms. The Hall–Kier alpha value is -2.37. The first-order valence-electron chi connectivity index (χ1n) is 4.62. The fourth-order valence-corrected chi connectivity index (χ4v) is 1.55. The van der Waals surface area contributed by atoms with Crippen LogP contribution in [-0.4, -0.2) is 21.7 Å². The summed E-state index contributed by atoms with van der Waals surface area (Å²) in [4.78, 5) is 22.2. The number of nitrogens with zero attached hydrogens (tertiary/aromatic N) is 2. The molecule has 0 aliphatic carbocycles. The number of urea groups is 1. The summed E-state index contributed by atoms with van der Waals surface area (Å²) in [6.07, 6.45) is 0. The van der Waals surface area contributed by atoms with Gasteiger partial charge in [0.15, 0.2) is 5.69 Å². The third-order valence-corrected chi connectivity index (χ3v) is 2.21. The Labute approximate surface area is 91.0 Å². The van der Waals surface area contributed by atoms with E-state index >= 15 is 0 Å². The lowest BCUT2D eigenvalue weighted by Gasteiger charge is -1.96. The van der Waals surface area contributed by atoms with E-state index < -0.39 is 11.9 Å². The second-order valence-corrected chi connectivity index (χ2v) is 3.31. The molecule has 1 aromatic carbocycles. The van der Waals surface area contributed by atoms with Gasteiger partial charge in [-0.05, 0) is 6.07 Å². The van der Waals surface area contributed by atoms with Crippen molar-refractivity contribution in [3.8, 4) is 0 Å². The highest BCUT2D eigenvalue weighted by Crippen LogP contribution is 2.16. The molecule has 0 bridgehead atoms. The summed E-state index contributed by atoms with van der Waals surface area (Å²) in [7, 11) is 1.73. The number of imide groups is 1. The zero-order valence-electron chi connectivity index (χ0n) is 8.60. The summed E-state index contributed by atoms with van der Waals surface area (Å²) in [5, 5.41) is 6.71. The minimum absolute atomic E-state index is 0.192. The van der Waals surface area contributed by atoms with Crippen molar-refractivity contribution in [2.24, 2.45) is 12.8 Å². The van der Waals surface area contributed by atoms with Gasteiger partial charge in [0, 0.05) is 12.4 Å². The Morgan fingerprint density at radius 2 is 2.06 bits per heavy atom. The number of rotatable bonds is 1. The molecule has 0 atom stereocenters. The summed E-state index contributed by atoms with van der Waals surface area (Å²) in [5.74, 6) is -0.593. The number of hydrogen-bond donors (Lipinski definition) is 2. The van der Waals surface area contributed by atoms with Gasteiger partial charge >= 0.3 is 6.03 Å². The molecule has 1 aromatic heterocycles. The molecule has 0 unspecified atom stereocenters. The van der Waals surface area contributed by atoms with Crippen molar-refractivity contribution in [1.82, 2.24) is 15.1 Å². The van der Waals surface area contributed by atoms with Crippen LogP contribution in [0.15, 0.2) is 24.3 Å². The van der Waals surface area contributed by atoms with Crippen molar-refractivity contribution in [2.45, 2.75) is 0 Å². The van der Waals surface area contributed by atoms with Gasteiger partial charge in [-0.1, -0.05) is 18.2 Å². The van der Waals surface area contributed by atoms with Crippen LogP contribution in [0.4, 0.5) is 4.79 Å². The van der Waals surface area contributed by atoms with E-state index in [0.717, 1.165) is 5.52 Å². The van der Waals surface area contributed by atoms with Gasteiger partial charge in [0.25, 0.3) is 5.91 Å². The van der Waals surface area contributed by atoms with Crippen LogP contribution in [0.2, 0.25) is 0 Å². The van der Waals surface area contributed by atoms with E-state index in [9.17, 15) is 9.59 Å². The Balaban J connectivity index is 2.53. The van der Waals surface area contributed by atoms with Crippen molar-refractivity contribution in [3.63, 3.8) is 0 Å². The maximum Gasteiger partial charge on any atom is 0.319 e. The molecule has 2 rings (SSSR count). The topological polar surface area (TPSA) is 90.0 Å². The van der Waals surface area contributed by atoms with Crippen molar-refractivity contribution < 1.29 is 9.59 Å². The average molecular weight is 218 g/mol. The molecular weight excluding hydrogens is 208 g/mol. The van der Waals surface area contributed by atoms with Gasteiger partial charge in [-0.2, -0.15) is 5.10 Å². The van der Waals surface area contributed by atoms with E-state index in [0.29, 0.717) is 5.39 Å². The van der Waals surface area contributed by atoms with Crippen molar-refractivity contribution in [3.05, 3.63) is 30.0 Å². The number of primary amides is 1. The van der Waals surface area contributed by atoms with Gasteiger partial charge in [0.2, 0.25) is 0 Å². The first-order chi connectivity index (χ1) is 7.59. The number of amides is 3. The Morgan fingerprint density at radius 1 is 1.38 bits per heavy atom. The zero-order chi connectivity index (χ0) is 11.7. The number of carbonyl (C=O) groups excluding carboxylic acids is 2. The molecule has 0 fully saturated rings. The van der Waals surface area contributed by atoms with Crippen molar-refractivity contribution in [2.75, 3.05) is 0 Å². The molecule has 82 valence electrons. The van der Waals surface area contributed by atoms with Gasteiger partial charge in [0.05, 0.1) is 5.52 Å². The van der Waals surface area contributed by atoms with Crippen LogP contribution in [-0.2, 0) is 7.05 Å². The predicted octanol–water partition coefficient (Wildman–Crippen LogP) is 0.382. The lowest BCUT2D eigenvalue weighted by atomic mass is 10.2. The molecule has 1 heterocycles. The molecule has 0 aliphatic heterocycles. The van der Waals surface area contributed by atoms with Crippen LogP contribution < -0.4 is 11.1 Å². The van der Waals surface area contributed by atoms with Crippen molar-refractivity contribution >= 4 is 22.8 Å². The van der Waals surface area contributed by atoms with E-state index in [1.807, 2.05) is 17.4 Å². The molecule has 3 amide bonds. The number of aromatic nitrogens is 2. The number of hydrogen-bond acceptors (Lipinski definition) is 3. The first kappa shape index (κ1) is 10.2. The normalized spacial score (nSPS) is 10.3. The number of aryl methyl sites for hydroxylation is 1. The SMILES string of the molecule is Cn1nc(C(=O)NC(N)=O)c2ccccc21. The van der Waals surface area contributed by atoms with Gasteiger partial charge < -0.3 is 5.73 Å². The molecule has 0 aliphatic rings. The summed E-state index contributed by atoms with van der Waals surface area (Å²) in [6.45, 7) is 0. The molecule has 6 nitrogen and oxygen atoms in total. The summed E-state index contributed by atoms with van der Waals surface area (Å²) >= 11 is 0. The van der Waals surface area contributed by atoms with Crippen LogP contribution in [0.25, 0.3) is 10.9 Å². The van der Waals surface area contributed by atoms with Gasteiger partial charge in [-0.25, -0.2) is 4.79 Å². The fraction of sp³-hybridized carbons (Fsp3) is 0.100. The third kappa shape index (κ3) is 1.60. The molecular formula is C10H10N4O2. The lowest BCUT2D eigenvalue weighted by molar-refractivity contribution is 0.0962. The molecule has 6 heteroatoms. The van der Waals surface area contributed by atoms with Gasteiger partial charge in [-0.15, -0.1) is 0 Å². The quantitative estimate of drug-likeness (QED) is 0.725. The summed E-state index contributed by atoms with van der Waals surface area (Å²) < 4.78 is 1.57. The number of fused-ring (bicyclic) bond motifs is 1. The molecule has 0 saturated heterocycles. The second-order valence-electron chi connectivity index (χ2n) is 3.31. The highest BCUT2D eigenvalue weighted by atomic mass is 16.2. The number of nitrogens with one attached hydrogen (secondary N) is 1. The zero-order valence-corrected chi connectivity index (χ0v) is 8.60. The van der Waals surface area contributed by atoms with Crippen LogP contribution in [0.5, 0.6) is 0 Å². The minimum Gasteiger partial charge on any atom is -0.351 e. The maximum atomic E-state index is 11.6. The Bertz CT molecular complexity index is 573. The minimum atomic E-state index is -0.889. The van der Waals surface area contributed by atoms with Crippen LogP contribution in [0.1, 0.15) is 10.5 Å². The van der Waals surface area contributed by atoms with E-state index in [1.165, 1.54) is 0 Å². The number of nitrogens with two attached hydrogens (primary N) is 1. The molecule has 3 N–H and O–H groups in total. The van der Waals surface area contributed by atoms with Crippen LogP contribution >= 0.6 is 0 Å².